The summed E-state index contributed by atoms with van der Waals surface area (Å²) in [4.78, 5) is 29.3. The first-order valence-corrected chi connectivity index (χ1v) is 11.6. The molecule has 0 saturated carbocycles. The van der Waals surface area contributed by atoms with Gasteiger partial charge in [-0.15, -0.1) is 11.3 Å². The van der Waals surface area contributed by atoms with E-state index in [0.29, 0.717) is 37.6 Å². The molecule has 2 bridgehead atoms. The maximum atomic E-state index is 13.2. The number of likely N-dealkylation sites (tertiary alicyclic amines) is 1. The number of amides is 2. The normalized spacial score (nSPS) is 27.6. The van der Waals surface area contributed by atoms with Gasteiger partial charge in [0, 0.05) is 11.4 Å². The molecule has 2 fully saturated rings. The number of hydrogen-bond acceptors (Lipinski definition) is 6. The summed E-state index contributed by atoms with van der Waals surface area (Å²) in [6.45, 7) is 1.52. The number of benzene rings is 1. The lowest BCUT2D eigenvalue weighted by molar-refractivity contribution is -0.137. The molecule has 1 N–H and O–H groups in total. The lowest BCUT2D eigenvalue weighted by atomic mass is 9.77. The summed E-state index contributed by atoms with van der Waals surface area (Å²) >= 11 is 1.63. The number of carbonyl (C=O) groups excluding carboxylic acids is 2. The SMILES string of the molecule is COc1ccc(CCNC(=O)C2[C@@H]3C=CC4(CN(Cc5cccs5)C(=O)[C@H]24)O3)cc1OC. The number of carbonyl (C=O) groups is 2. The summed E-state index contributed by atoms with van der Waals surface area (Å²) in [5.74, 6) is 0.253. The maximum absolute atomic E-state index is 13.2. The Hall–Kier alpha value is -2.84. The molecule has 5 rings (SSSR count). The molecule has 1 aromatic heterocycles. The Labute approximate surface area is 191 Å². The molecule has 2 saturated heterocycles. The van der Waals surface area contributed by atoms with Crippen LogP contribution in [0.4, 0.5) is 0 Å². The Morgan fingerprint density at radius 2 is 2.12 bits per heavy atom. The molecule has 1 aromatic carbocycles. The highest BCUT2D eigenvalue weighted by Gasteiger charge is 2.66. The zero-order chi connectivity index (χ0) is 22.3. The Balaban J connectivity index is 1.24. The predicted molar refractivity (Wildman–Crippen MR) is 120 cm³/mol. The van der Waals surface area contributed by atoms with E-state index in [4.69, 9.17) is 14.2 Å². The van der Waals surface area contributed by atoms with Gasteiger partial charge in [0.2, 0.25) is 11.8 Å². The summed E-state index contributed by atoms with van der Waals surface area (Å²) in [5.41, 5.74) is 0.354. The molecule has 168 valence electrons. The molecule has 4 heterocycles. The van der Waals surface area contributed by atoms with E-state index in [1.54, 1.807) is 25.6 Å². The third kappa shape index (κ3) is 3.47. The lowest BCUT2D eigenvalue weighted by Gasteiger charge is -2.23. The van der Waals surface area contributed by atoms with Crippen LogP contribution in [0.5, 0.6) is 11.5 Å². The fraction of sp³-hybridized carbons (Fsp3) is 0.417. The van der Waals surface area contributed by atoms with Crippen molar-refractivity contribution in [2.45, 2.75) is 24.7 Å². The van der Waals surface area contributed by atoms with Gasteiger partial charge in [0.25, 0.3) is 0 Å². The van der Waals surface area contributed by atoms with Gasteiger partial charge < -0.3 is 24.4 Å². The first-order chi connectivity index (χ1) is 15.5. The number of nitrogens with one attached hydrogen (secondary N) is 1. The van der Waals surface area contributed by atoms with E-state index < -0.39 is 17.4 Å². The second-order valence-electron chi connectivity index (χ2n) is 8.40. The van der Waals surface area contributed by atoms with E-state index in [1.807, 2.05) is 52.8 Å². The summed E-state index contributed by atoms with van der Waals surface area (Å²) in [7, 11) is 3.20. The van der Waals surface area contributed by atoms with Crippen LogP contribution in [0.3, 0.4) is 0 Å². The molecular weight excluding hydrogens is 428 g/mol. The number of nitrogens with zero attached hydrogens (tertiary/aromatic N) is 1. The van der Waals surface area contributed by atoms with Gasteiger partial charge in [-0.2, -0.15) is 0 Å². The van der Waals surface area contributed by atoms with Gasteiger partial charge in [0.05, 0.1) is 45.2 Å². The highest BCUT2D eigenvalue weighted by Crippen LogP contribution is 2.52. The molecule has 2 aromatic rings. The number of methoxy groups -OCH3 is 2. The monoisotopic (exact) mass is 454 g/mol. The minimum Gasteiger partial charge on any atom is -0.493 e. The van der Waals surface area contributed by atoms with Gasteiger partial charge in [-0.25, -0.2) is 0 Å². The molecule has 0 aliphatic carbocycles. The second kappa shape index (κ2) is 8.26. The Kier molecular flexibility index (Phi) is 5.43. The first-order valence-electron chi connectivity index (χ1n) is 10.7. The molecule has 7 nitrogen and oxygen atoms in total. The number of fused-ring (bicyclic) bond motifs is 1. The average molecular weight is 455 g/mol. The van der Waals surface area contributed by atoms with Crippen LogP contribution < -0.4 is 14.8 Å². The van der Waals surface area contributed by atoms with Crippen LogP contribution in [0, 0.1) is 11.8 Å². The van der Waals surface area contributed by atoms with Crippen molar-refractivity contribution in [2.24, 2.45) is 11.8 Å². The van der Waals surface area contributed by atoms with Crippen molar-refractivity contribution < 1.29 is 23.8 Å². The van der Waals surface area contributed by atoms with Gasteiger partial charge in [0.15, 0.2) is 11.5 Å². The fourth-order valence-corrected chi connectivity index (χ4v) is 5.81. The predicted octanol–water partition coefficient (Wildman–Crippen LogP) is 2.41. The Morgan fingerprint density at radius 1 is 1.28 bits per heavy atom. The van der Waals surface area contributed by atoms with E-state index in [-0.39, 0.29) is 17.9 Å². The quantitative estimate of drug-likeness (QED) is 0.620. The van der Waals surface area contributed by atoms with Crippen LogP contribution in [0.1, 0.15) is 10.4 Å². The van der Waals surface area contributed by atoms with E-state index in [0.717, 1.165) is 10.4 Å². The minimum absolute atomic E-state index is 0.00490. The topological polar surface area (TPSA) is 77.1 Å². The van der Waals surface area contributed by atoms with Crippen molar-refractivity contribution in [3.05, 3.63) is 58.3 Å². The van der Waals surface area contributed by atoms with Gasteiger partial charge >= 0.3 is 0 Å². The molecule has 2 amide bonds. The highest BCUT2D eigenvalue weighted by atomic mass is 32.1. The minimum atomic E-state index is -0.676. The van der Waals surface area contributed by atoms with E-state index in [2.05, 4.69) is 5.32 Å². The smallest absolute Gasteiger partial charge is 0.230 e. The van der Waals surface area contributed by atoms with E-state index in [9.17, 15) is 9.59 Å². The van der Waals surface area contributed by atoms with Gasteiger partial charge in [-0.05, 0) is 35.6 Å². The van der Waals surface area contributed by atoms with Gasteiger partial charge in [-0.3, -0.25) is 9.59 Å². The zero-order valence-electron chi connectivity index (χ0n) is 18.1. The molecule has 3 aliphatic rings. The number of thiophene rings is 1. The van der Waals surface area contributed by atoms with Gasteiger partial charge in [0.1, 0.15) is 5.60 Å². The van der Waals surface area contributed by atoms with Crippen molar-refractivity contribution >= 4 is 23.2 Å². The van der Waals surface area contributed by atoms with Crippen molar-refractivity contribution in [1.29, 1.82) is 0 Å². The third-order valence-corrected chi connectivity index (χ3v) is 7.43. The average Bonchev–Trinajstić information content (AvgIpc) is 3.57. The Bertz CT molecular complexity index is 1050. The van der Waals surface area contributed by atoms with Crippen LogP contribution in [-0.4, -0.2) is 55.7 Å². The van der Waals surface area contributed by atoms with Crippen LogP contribution in [-0.2, 0) is 27.3 Å². The summed E-state index contributed by atoms with van der Waals surface area (Å²) in [6, 6.07) is 9.72. The molecule has 0 radical (unpaired) electrons. The van der Waals surface area contributed by atoms with E-state index in [1.165, 1.54) is 0 Å². The first kappa shape index (κ1) is 21.0. The van der Waals surface area contributed by atoms with Crippen LogP contribution in [0.15, 0.2) is 47.9 Å². The number of rotatable bonds is 8. The molecule has 3 aliphatic heterocycles. The van der Waals surface area contributed by atoms with Crippen molar-refractivity contribution in [3.63, 3.8) is 0 Å². The molecule has 4 atom stereocenters. The largest absolute Gasteiger partial charge is 0.493 e. The maximum Gasteiger partial charge on any atom is 0.230 e. The summed E-state index contributed by atoms with van der Waals surface area (Å²) in [6.07, 6.45) is 4.24. The second-order valence-corrected chi connectivity index (χ2v) is 9.44. The lowest BCUT2D eigenvalue weighted by Crippen LogP contribution is -2.44. The summed E-state index contributed by atoms with van der Waals surface area (Å²) < 4.78 is 16.8. The van der Waals surface area contributed by atoms with Crippen LogP contribution in [0.25, 0.3) is 0 Å². The standard InChI is InChI=1S/C24H26N2O5S/c1-29-17-6-5-15(12-19(17)30-2)8-10-25-22(27)20-18-7-9-24(31-18)14-26(23(28)21(20)24)13-16-4-3-11-32-16/h3-7,9,11-12,18,20-21H,8,10,13-14H2,1-2H3,(H,25,27)/t18-,20?,21-,24?/m0/s1. The van der Waals surface area contributed by atoms with Crippen LogP contribution >= 0.6 is 11.3 Å². The van der Waals surface area contributed by atoms with Crippen molar-refractivity contribution in [1.82, 2.24) is 10.2 Å². The number of hydrogen-bond donors (Lipinski definition) is 1. The molecule has 8 heteroatoms. The third-order valence-electron chi connectivity index (χ3n) is 6.57. The fourth-order valence-electron chi connectivity index (χ4n) is 5.09. The molecular formula is C24H26N2O5S. The molecule has 1 spiro atoms. The van der Waals surface area contributed by atoms with Crippen molar-refractivity contribution in [3.8, 4) is 11.5 Å². The zero-order valence-corrected chi connectivity index (χ0v) is 18.9. The summed E-state index contributed by atoms with van der Waals surface area (Å²) in [5, 5.41) is 5.03. The van der Waals surface area contributed by atoms with Crippen LogP contribution in [0.2, 0.25) is 0 Å². The Morgan fingerprint density at radius 3 is 2.88 bits per heavy atom. The van der Waals surface area contributed by atoms with Crippen molar-refractivity contribution in [2.75, 3.05) is 27.3 Å². The highest BCUT2D eigenvalue weighted by molar-refractivity contribution is 7.09. The molecule has 2 unspecified atom stereocenters. The number of ether oxygens (including phenoxy) is 3. The van der Waals surface area contributed by atoms with E-state index >= 15 is 0 Å². The van der Waals surface area contributed by atoms with Gasteiger partial charge in [-0.1, -0.05) is 24.3 Å². The molecule has 32 heavy (non-hydrogen) atoms.